The Balaban J connectivity index is 1.53. The van der Waals surface area contributed by atoms with Crippen LogP contribution in [0.1, 0.15) is 62.6 Å². The average molecular weight is 440 g/mol. The molecule has 32 heavy (non-hydrogen) atoms. The van der Waals surface area contributed by atoms with Crippen LogP contribution in [0, 0.1) is 5.92 Å². The van der Waals surface area contributed by atoms with Crippen LogP contribution < -0.4 is 0 Å². The molecule has 170 valence electrons. The zero-order valence-corrected chi connectivity index (χ0v) is 18.7. The molecule has 3 amide bonds. The molecule has 8 nitrogen and oxygen atoms in total. The van der Waals surface area contributed by atoms with Crippen molar-refractivity contribution in [3.05, 3.63) is 40.5 Å². The Bertz CT molecular complexity index is 1060. The van der Waals surface area contributed by atoms with Gasteiger partial charge in [0.1, 0.15) is 5.54 Å². The second-order valence-corrected chi connectivity index (χ2v) is 9.44. The fourth-order valence-electron chi connectivity index (χ4n) is 4.97. The molecule has 4 rings (SSSR count). The lowest BCUT2D eigenvalue weighted by Crippen LogP contribution is -2.42. The van der Waals surface area contributed by atoms with Gasteiger partial charge in [0.05, 0.1) is 11.6 Å². The van der Waals surface area contributed by atoms with Crippen LogP contribution >= 0.6 is 0 Å². The van der Waals surface area contributed by atoms with Crippen molar-refractivity contribution in [3.63, 3.8) is 0 Å². The number of imide groups is 1. The first-order chi connectivity index (χ1) is 15.1. The summed E-state index contributed by atoms with van der Waals surface area (Å²) in [6, 6.07) is 5.35. The Hall–Kier alpha value is -3.16. The fourth-order valence-corrected chi connectivity index (χ4v) is 4.97. The van der Waals surface area contributed by atoms with E-state index in [0.29, 0.717) is 5.56 Å². The number of allylic oxidation sites excluding steroid dienone is 2. The molecule has 0 radical (unpaired) electrons. The van der Waals surface area contributed by atoms with Crippen LogP contribution in [0.3, 0.4) is 0 Å². The molecule has 1 atom stereocenters. The van der Waals surface area contributed by atoms with Gasteiger partial charge in [-0.1, -0.05) is 22.9 Å². The summed E-state index contributed by atoms with van der Waals surface area (Å²) >= 11 is 0. The summed E-state index contributed by atoms with van der Waals surface area (Å²) in [5.41, 5.74) is 5.20. The van der Waals surface area contributed by atoms with E-state index >= 15 is 0 Å². The predicted octanol–water partition coefficient (Wildman–Crippen LogP) is 3.51. The van der Waals surface area contributed by atoms with Gasteiger partial charge in [0.25, 0.3) is 5.91 Å². The van der Waals surface area contributed by atoms with Crippen LogP contribution in [-0.2, 0) is 16.0 Å². The van der Waals surface area contributed by atoms with Gasteiger partial charge in [0.15, 0.2) is 0 Å². The lowest BCUT2D eigenvalue weighted by molar-refractivity contribution is -0.142. The van der Waals surface area contributed by atoms with Crippen LogP contribution in [0.15, 0.2) is 28.9 Å². The summed E-state index contributed by atoms with van der Waals surface area (Å²) in [4.78, 5) is 39.5. The van der Waals surface area contributed by atoms with Crippen molar-refractivity contribution in [1.29, 1.82) is 0 Å². The molecule has 1 saturated heterocycles. The number of carbonyl (C=O) groups excluding carboxylic acids is 2. The molecule has 1 heterocycles. The molecular formula is C24H29N3O5. The molecular weight excluding hydrogens is 410 g/mol. The summed E-state index contributed by atoms with van der Waals surface area (Å²) in [5.74, 6) is -2.68. The first-order valence-corrected chi connectivity index (χ1v) is 11.0. The Labute approximate surface area is 187 Å². The summed E-state index contributed by atoms with van der Waals surface area (Å²) < 4.78 is 0. The van der Waals surface area contributed by atoms with Crippen molar-refractivity contribution in [3.8, 4) is 0 Å². The molecule has 0 bridgehead atoms. The van der Waals surface area contributed by atoms with Crippen LogP contribution in [0.25, 0.3) is 5.57 Å². The van der Waals surface area contributed by atoms with Gasteiger partial charge >= 0.3 is 12.0 Å². The third-order valence-electron chi connectivity index (χ3n) is 7.19. The molecule has 1 aromatic rings. The maximum atomic E-state index is 12.7. The maximum Gasteiger partial charge on any atom is 0.327 e. The summed E-state index contributed by atoms with van der Waals surface area (Å²) in [5, 5.41) is 22.9. The van der Waals surface area contributed by atoms with E-state index in [9.17, 15) is 24.7 Å². The largest absolute Gasteiger partial charge is 0.481 e. The van der Waals surface area contributed by atoms with Gasteiger partial charge in [-0.25, -0.2) is 4.79 Å². The highest BCUT2D eigenvalue weighted by molar-refractivity contribution is 6.07. The highest BCUT2D eigenvalue weighted by Gasteiger charge is 2.50. The normalized spacial score (nSPS) is 21.2. The Morgan fingerprint density at radius 2 is 1.94 bits per heavy atom. The number of carboxylic acid groups (broad SMARTS) is 1. The quantitative estimate of drug-likeness (QED) is 0.305. The summed E-state index contributed by atoms with van der Waals surface area (Å²) in [7, 11) is 1.52. The van der Waals surface area contributed by atoms with Crippen molar-refractivity contribution in [2.24, 2.45) is 11.1 Å². The van der Waals surface area contributed by atoms with E-state index in [1.54, 1.807) is 13.8 Å². The number of carboxylic acids is 1. The fraction of sp³-hybridized carbons (Fsp3) is 0.500. The van der Waals surface area contributed by atoms with Crippen LogP contribution in [-0.4, -0.2) is 62.9 Å². The van der Waals surface area contributed by atoms with Crippen molar-refractivity contribution in [2.75, 3.05) is 13.6 Å². The van der Waals surface area contributed by atoms with Crippen molar-refractivity contribution >= 4 is 29.2 Å². The predicted molar refractivity (Wildman–Crippen MR) is 119 cm³/mol. The van der Waals surface area contributed by atoms with Gasteiger partial charge in [-0.3, -0.25) is 14.5 Å². The molecule has 0 saturated carbocycles. The number of likely N-dealkylation sites (N-methyl/N-ethyl adjacent to an activating group) is 1. The standard InChI is InChI=1S/C24H29N3O5/c1-24(2)22(30)27(23(31)26(24)3)13-17(21(28)29)12-20(25-32)15-8-9-19-16(11-15)10-14-6-4-5-7-18(14)19/h8-9,11,17,32H,4-7,10,12-13H2,1-3H3,(H,28,29)/t17-/m0/s1. The minimum absolute atomic E-state index is 0.0982. The number of nitrogens with zero attached hydrogens (tertiary/aromatic N) is 3. The Morgan fingerprint density at radius 3 is 2.56 bits per heavy atom. The lowest BCUT2D eigenvalue weighted by atomic mass is 9.91. The Morgan fingerprint density at radius 1 is 1.22 bits per heavy atom. The number of benzene rings is 1. The molecule has 1 aliphatic heterocycles. The van der Waals surface area contributed by atoms with Crippen LogP contribution in [0.5, 0.6) is 0 Å². The van der Waals surface area contributed by atoms with Crippen LogP contribution in [0.2, 0.25) is 0 Å². The minimum Gasteiger partial charge on any atom is -0.481 e. The van der Waals surface area contributed by atoms with Gasteiger partial charge in [-0.15, -0.1) is 0 Å². The van der Waals surface area contributed by atoms with Gasteiger partial charge in [0.2, 0.25) is 0 Å². The minimum atomic E-state index is -1.16. The number of fused-ring (bicyclic) bond motifs is 2. The second-order valence-electron chi connectivity index (χ2n) is 9.44. The van der Waals surface area contributed by atoms with Gasteiger partial charge < -0.3 is 15.2 Å². The van der Waals surface area contributed by atoms with E-state index in [1.165, 1.54) is 47.1 Å². The highest BCUT2D eigenvalue weighted by atomic mass is 16.4. The molecule has 3 aliphatic rings. The summed E-state index contributed by atoms with van der Waals surface area (Å²) in [6.45, 7) is 2.98. The molecule has 0 aromatic heterocycles. The van der Waals surface area contributed by atoms with E-state index in [1.807, 2.05) is 18.2 Å². The number of amides is 3. The van der Waals surface area contributed by atoms with Crippen molar-refractivity contribution in [2.45, 2.75) is 57.9 Å². The third kappa shape index (κ3) is 3.57. The molecule has 8 heteroatoms. The lowest BCUT2D eigenvalue weighted by Gasteiger charge is -2.22. The number of hydrogen-bond donors (Lipinski definition) is 2. The van der Waals surface area contributed by atoms with Gasteiger partial charge in [0, 0.05) is 20.0 Å². The van der Waals surface area contributed by atoms with Crippen molar-refractivity contribution in [1.82, 2.24) is 9.80 Å². The topological polar surface area (TPSA) is 111 Å². The zero-order valence-electron chi connectivity index (χ0n) is 18.7. The second kappa shape index (κ2) is 8.07. The Kier molecular flexibility index (Phi) is 5.56. The summed E-state index contributed by atoms with van der Waals surface area (Å²) in [6.07, 6.45) is 5.40. The monoisotopic (exact) mass is 439 g/mol. The molecule has 2 N–H and O–H groups in total. The van der Waals surface area contributed by atoms with E-state index in [2.05, 4.69) is 5.16 Å². The number of aliphatic carboxylic acids is 1. The van der Waals surface area contributed by atoms with Crippen molar-refractivity contribution < 1.29 is 24.7 Å². The third-order valence-corrected chi connectivity index (χ3v) is 7.19. The number of oxime groups is 1. The average Bonchev–Trinajstić information content (AvgIpc) is 3.21. The first kappa shape index (κ1) is 22.0. The van der Waals surface area contributed by atoms with Gasteiger partial charge in [-0.2, -0.15) is 0 Å². The van der Waals surface area contributed by atoms with Crippen LogP contribution in [0.4, 0.5) is 4.79 Å². The number of rotatable bonds is 6. The SMILES string of the molecule is CN1C(=O)N(C[C@H](CC(=NO)c2ccc3c(c2)CC2=C3CCCC2)C(=O)O)C(=O)C1(C)C. The zero-order chi connectivity index (χ0) is 23.2. The molecule has 0 unspecified atom stereocenters. The molecule has 1 aromatic carbocycles. The molecule has 2 aliphatic carbocycles. The molecule has 1 fully saturated rings. The molecule has 0 spiro atoms. The van der Waals surface area contributed by atoms with E-state index in [0.717, 1.165) is 24.2 Å². The van der Waals surface area contributed by atoms with E-state index in [-0.39, 0.29) is 18.7 Å². The first-order valence-electron chi connectivity index (χ1n) is 11.0. The van der Waals surface area contributed by atoms with Gasteiger partial charge in [-0.05, 0) is 74.3 Å². The van der Waals surface area contributed by atoms with E-state index < -0.39 is 29.4 Å². The number of urea groups is 1. The maximum absolute atomic E-state index is 12.7. The number of carbonyl (C=O) groups is 3. The van der Waals surface area contributed by atoms with E-state index in [4.69, 9.17) is 0 Å². The highest BCUT2D eigenvalue weighted by Crippen LogP contribution is 2.41. The number of hydrogen-bond acceptors (Lipinski definition) is 5. The smallest absolute Gasteiger partial charge is 0.327 e.